The van der Waals surface area contributed by atoms with Gasteiger partial charge in [-0.25, -0.2) is 0 Å². The van der Waals surface area contributed by atoms with E-state index in [9.17, 15) is 4.79 Å². The third kappa shape index (κ3) is 3.03. The summed E-state index contributed by atoms with van der Waals surface area (Å²) >= 11 is 0. The molecule has 0 aromatic carbocycles. The second kappa shape index (κ2) is 6.05. The molecule has 2 saturated carbocycles. The summed E-state index contributed by atoms with van der Waals surface area (Å²) in [5.74, 6) is 2.91. The van der Waals surface area contributed by atoms with E-state index in [2.05, 4.69) is 24.1 Å². The van der Waals surface area contributed by atoms with Crippen LogP contribution in [0.15, 0.2) is 0 Å². The fraction of sp³-hybridized carbons (Fsp3) is 0.941. The molecule has 20 heavy (non-hydrogen) atoms. The first-order valence-electron chi connectivity index (χ1n) is 8.69. The van der Waals surface area contributed by atoms with E-state index >= 15 is 0 Å². The van der Waals surface area contributed by atoms with Gasteiger partial charge in [0.05, 0.1) is 0 Å². The van der Waals surface area contributed by atoms with Crippen LogP contribution in [0.25, 0.3) is 0 Å². The second-order valence-electron chi connectivity index (χ2n) is 7.57. The molecule has 1 amide bonds. The molecule has 1 N–H and O–H groups in total. The molecule has 1 saturated heterocycles. The first-order chi connectivity index (χ1) is 9.66. The minimum absolute atomic E-state index is 0.387. The van der Waals surface area contributed by atoms with Crippen LogP contribution in [0.1, 0.15) is 52.4 Å². The van der Waals surface area contributed by atoms with Gasteiger partial charge in [-0.05, 0) is 50.0 Å². The van der Waals surface area contributed by atoms with Gasteiger partial charge in [0.25, 0.3) is 0 Å². The second-order valence-corrected chi connectivity index (χ2v) is 7.57. The Balaban J connectivity index is 1.60. The van der Waals surface area contributed by atoms with Crippen LogP contribution in [-0.4, -0.2) is 36.5 Å². The molecule has 0 aromatic rings. The van der Waals surface area contributed by atoms with Gasteiger partial charge in [-0.15, -0.1) is 0 Å². The van der Waals surface area contributed by atoms with Gasteiger partial charge in [0.15, 0.2) is 0 Å². The van der Waals surface area contributed by atoms with Crippen molar-refractivity contribution in [2.75, 3.05) is 19.6 Å². The van der Waals surface area contributed by atoms with Gasteiger partial charge in [0.2, 0.25) is 5.91 Å². The fourth-order valence-corrected chi connectivity index (χ4v) is 4.44. The zero-order chi connectivity index (χ0) is 14.1. The Morgan fingerprint density at radius 1 is 1.15 bits per heavy atom. The first kappa shape index (κ1) is 14.4. The summed E-state index contributed by atoms with van der Waals surface area (Å²) < 4.78 is 0. The highest BCUT2D eigenvalue weighted by Gasteiger charge is 2.55. The molecule has 1 heterocycles. The van der Waals surface area contributed by atoms with E-state index < -0.39 is 0 Å². The predicted molar refractivity (Wildman–Crippen MR) is 81.4 cm³/mol. The Morgan fingerprint density at radius 2 is 1.85 bits per heavy atom. The van der Waals surface area contributed by atoms with Crippen molar-refractivity contribution in [2.45, 2.75) is 58.4 Å². The van der Waals surface area contributed by atoms with Crippen LogP contribution < -0.4 is 5.32 Å². The van der Waals surface area contributed by atoms with Crippen LogP contribution in [0, 0.1) is 23.7 Å². The number of rotatable bonds is 5. The zero-order valence-corrected chi connectivity index (χ0v) is 13.1. The van der Waals surface area contributed by atoms with E-state index in [0.717, 1.165) is 31.5 Å². The summed E-state index contributed by atoms with van der Waals surface area (Å²) in [7, 11) is 0. The lowest BCUT2D eigenvalue weighted by Gasteiger charge is -2.28. The highest BCUT2D eigenvalue weighted by atomic mass is 16.2. The molecule has 2 aliphatic carbocycles. The lowest BCUT2D eigenvalue weighted by Crippen LogP contribution is -2.43. The van der Waals surface area contributed by atoms with Crippen molar-refractivity contribution in [3.8, 4) is 0 Å². The number of hydrogen-bond donors (Lipinski definition) is 1. The molecule has 0 aromatic heterocycles. The average Bonchev–Trinajstić information content (AvgIpc) is 2.92. The maximum Gasteiger partial charge on any atom is 0.226 e. The van der Waals surface area contributed by atoms with E-state index in [1.807, 2.05) is 0 Å². The molecule has 1 aliphatic heterocycles. The third-order valence-electron chi connectivity index (χ3n) is 5.44. The van der Waals surface area contributed by atoms with Crippen molar-refractivity contribution in [1.29, 1.82) is 0 Å². The number of carbonyl (C=O) groups is 1. The van der Waals surface area contributed by atoms with Crippen LogP contribution in [0.4, 0.5) is 0 Å². The Morgan fingerprint density at radius 3 is 2.40 bits per heavy atom. The van der Waals surface area contributed by atoms with Crippen molar-refractivity contribution in [2.24, 2.45) is 23.7 Å². The smallest absolute Gasteiger partial charge is 0.226 e. The quantitative estimate of drug-likeness (QED) is 0.838. The van der Waals surface area contributed by atoms with Gasteiger partial charge in [-0.1, -0.05) is 26.7 Å². The third-order valence-corrected chi connectivity index (χ3v) is 5.44. The van der Waals surface area contributed by atoms with Gasteiger partial charge in [-0.2, -0.15) is 0 Å². The summed E-state index contributed by atoms with van der Waals surface area (Å²) in [6, 6.07) is 0.540. The normalized spacial score (nSPS) is 36.0. The van der Waals surface area contributed by atoms with Crippen molar-refractivity contribution >= 4 is 5.91 Å². The summed E-state index contributed by atoms with van der Waals surface area (Å²) in [4.78, 5) is 15.1. The Labute approximate surface area is 123 Å². The van der Waals surface area contributed by atoms with Crippen molar-refractivity contribution in [3.05, 3.63) is 0 Å². The van der Waals surface area contributed by atoms with Gasteiger partial charge < -0.3 is 10.2 Å². The number of nitrogens with one attached hydrogen (secondary N) is 1. The number of hydrogen-bond acceptors (Lipinski definition) is 2. The Hall–Kier alpha value is -0.570. The monoisotopic (exact) mass is 278 g/mol. The summed E-state index contributed by atoms with van der Waals surface area (Å²) in [5, 5.41) is 3.54. The molecular formula is C17H30N2O. The largest absolute Gasteiger partial charge is 0.341 e. The van der Waals surface area contributed by atoms with Crippen molar-refractivity contribution < 1.29 is 4.79 Å². The Bertz CT molecular complexity index is 337. The van der Waals surface area contributed by atoms with E-state index in [4.69, 9.17) is 0 Å². The highest BCUT2D eigenvalue weighted by Crippen LogP contribution is 2.56. The highest BCUT2D eigenvalue weighted by molar-refractivity contribution is 5.82. The molecule has 3 fully saturated rings. The zero-order valence-electron chi connectivity index (χ0n) is 13.1. The number of amides is 1. The molecule has 3 rings (SSSR count). The van der Waals surface area contributed by atoms with Crippen LogP contribution in [0.5, 0.6) is 0 Å². The minimum Gasteiger partial charge on any atom is -0.341 e. The molecule has 0 radical (unpaired) electrons. The number of carbonyl (C=O) groups excluding carboxylic acids is 1. The summed E-state index contributed by atoms with van der Waals surface area (Å²) in [6.07, 6.45) is 7.80. The van der Waals surface area contributed by atoms with Crippen molar-refractivity contribution in [3.63, 3.8) is 0 Å². The summed E-state index contributed by atoms with van der Waals surface area (Å²) in [5.41, 5.74) is 0. The fourth-order valence-electron chi connectivity index (χ4n) is 4.44. The number of nitrogens with zero attached hydrogens (tertiary/aromatic N) is 1. The van der Waals surface area contributed by atoms with Crippen LogP contribution in [-0.2, 0) is 4.79 Å². The molecule has 0 spiro atoms. The number of fused-ring (bicyclic) bond motifs is 1. The van der Waals surface area contributed by atoms with Gasteiger partial charge in [-0.3, -0.25) is 4.79 Å². The minimum atomic E-state index is 0.387. The van der Waals surface area contributed by atoms with E-state index in [0.29, 0.717) is 23.8 Å². The topological polar surface area (TPSA) is 32.3 Å². The average molecular weight is 278 g/mol. The van der Waals surface area contributed by atoms with Gasteiger partial charge in [0.1, 0.15) is 0 Å². The van der Waals surface area contributed by atoms with E-state index in [-0.39, 0.29) is 0 Å². The lowest BCUT2D eigenvalue weighted by molar-refractivity contribution is -0.134. The molecule has 114 valence electrons. The summed E-state index contributed by atoms with van der Waals surface area (Å²) in [6.45, 7) is 7.45. The SMILES string of the molecule is CC(C)CN(CC1CCCN1)C(=O)C1C2CCCCC21. The maximum absolute atomic E-state index is 12.9. The molecule has 0 bridgehead atoms. The van der Waals surface area contributed by atoms with E-state index in [1.54, 1.807) is 0 Å². The van der Waals surface area contributed by atoms with Crippen LogP contribution in [0.3, 0.4) is 0 Å². The molecule has 3 nitrogen and oxygen atoms in total. The lowest BCUT2D eigenvalue weighted by atomic mass is 10.0. The maximum atomic E-state index is 12.9. The van der Waals surface area contributed by atoms with Crippen LogP contribution >= 0.6 is 0 Å². The Kier molecular flexibility index (Phi) is 4.34. The van der Waals surface area contributed by atoms with E-state index in [1.165, 1.54) is 38.5 Å². The molecule has 3 unspecified atom stereocenters. The molecule has 3 aliphatic rings. The molecule has 3 atom stereocenters. The molecular weight excluding hydrogens is 248 g/mol. The van der Waals surface area contributed by atoms with Gasteiger partial charge >= 0.3 is 0 Å². The standard InChI is InChI=1S/C17H30N2O/c1-12(2)10-19(11-13-6-5-9-18-13)17(20)16-14-7-3-4-8-15(14)16/h12-16,18H,3-11H2,1-2H3. The van der Waals surface area contributed by atoms with Crippen molar-refractivity contribution in [1.82, 2.24) is 10.2 Å². The molecule has 3 heteroatoms. The first-order valence-corrected chi connectivity index (χ1v) is 8.69. The van der Waals surface area contributed by atoms with Crippen LogP contribution in [0.2, 0.25) is 0 Å². The predicted octanol–water partition coefficient (Wildman–Crippen LogP) is 2.66. The van der Waals surface area contributed by atoms with Gasteiger partial charge in [0, 0.05) is 25.0 Å².